The first kappa shape index (κ1) is 10.4. The molecule has 0 aliphatic heterocycles. The highest BCUT2D eigenvalue weighted by molar-refractivity contribution is 5.48. The third-order valence-electron chi connectivity index (χ3n) is 2.40. The Morgan fingerprint density at radius 2 is 1.94 bits per heavy atom. The van der Waals surface area contributed by atoms with Crippen LogP contribution in [0.15, 0.2) is 36.7 Å². The van der Waals surface area contributed by atoms with E-state index in [1.807, 2.05) is 24.3 Å². The van der Waals surface area contributed by atoms with Crippen molar-refractivity contribution in [2.24, 2.45) is 0 Å². The lowest BCUT2D eigenvalue weighted by atomic mass is 10.1. The predicted octanol–water partition coefficient (Wildman–Crippen LogP) is 1.43. The number of hydrogen-bond acceptors (Lipinski definition) is 4. The summed E-state index contributed by atoms with van der Waals surface area (Å²) in [5.74, 6) is 0.546. The Morgan fingerprint density at radius 1 is 1.06 bits per heavy atom. The van der Waals surface area contributed by atoms with Gasteiger partial charge in [-0.3, -0.25) is 4.98 Å². The summed E-state index contributed by atoms with van der Waals surface area (Å²) in [6.45, 7) is 0. The fourth-order valence-electron chi connectivity index (χ4n) is 1.55. The Bertz CT molecular complexity index is 468. The van der Waals surface area contributed by atoms with Crippen LogP contribution >= 0.6 is 0 Å². The third-order valence-corrected chi connectivity index (χ3v) is 2.40. The van der Waals surface area contributed by atoms with Crippen molar-refractivity contribution in [3.63, 3.8) is 0 Å². The average molecular weight is 214 g/mol. The van der Waals surface area contributed by atoms with Crippen LogP contribution in [0.2, 0.25) is 0 Å². The highest BCUT2D eigenvalue weighted by Crippen LogP contribution is 2.14. The molecule has 0 amide bonds. The monoisotopic (exact) mass is 214 g/mol. The van der Waals surface area contributed by atoms with Crippen LogP contribution in [0.5, 0.6) is 0 Å². The van der Waals surface area contributed by atoms with Crippen molar-refractivity contribution in [1.82, 2.24) is 9.97 Å². The summed E-state index contributed by atoms with van der Waals surface area (Å²) in [4.78, 5) is 8.28. The molecular formula is C12H14N4. The smallest absolute Gasteiger partial charge is 0.126 e. The molecule has 0 aliphatic rings. The molecule has 0 spiro atoms. The Labute approximate surface area is 94.3 Å². The molecule has 4 heteroatoms. The topological polar surface area (TPSA) is 77.8 Å². The van der Waals surface area contributed by atoms with Gasteiger partial charge in [0.05, 0.1) is 11.9 Å². The molecule has 2 rings (SSSR count). The van der Waals surface area contributed by atoms with Gasteiger partial charge in [0, 0.05) is 11.9 Å². The Balaban J connectivity index is 2.08. The zero-order valence-electron chi connectivity index (χ0n) is 8.93. The van der Waals surface area contributed by atoms with Crippen molar-refractivity contribution in [3.8, 4) is 0 Å². The molecule has 16 heavy (non-hydrogen) atoms. The lowest BCUT2D eigenvalue weighted by molar-refractivity contribution is 0.911. The zero-order chi connectivity index (χ0) is 11.4. The molecular weight excluding hydrogens is 200 g/mol. The zero-order valence-corrected chi connectivity index (χ0v) is 8.93. The van der Waals surface area contributed by atoms with Crippen molar-refractivity contribution < 1.29 is 0 Å². The van der Waals surface area contributed by atoms with Gasteiger partial charge in [-0.15, -0.1) is 0 Å². The van der Waals surface area contributed by atoms with Crippen LogP contribution in [0.1, 0.15) is 11.3 Å². The summed E-state index contributed by atoms with van der Waals surface area (Å²) in [5, 5.41) is 0. The quantitative estimate of drug-likeness (QED) is 0.810. The molecule has 4 nitrogen and oxygen atoms in total. The van der Waals surface area contributed by atoms with Crippen LogP contribution in [-0.2, 0) is 12.8 Å². The lowest BCUT2D eigenvalue weighted by Gasteiger charge is -2.05. The number of hydrogen-bond donors (Lipinski definition) is 2. The first-order valence-electron chi connectivity index (χ1n) is 5.15. The molecule has 0 atom stereocenters. The van der Waals surface area contributed by atoms with Gasteiger partial charge in [-0.25, -0.2) is 4.98 Å². The maximum Gasteiger partial charge on any atom is 0.126 e. The standard InChI is InChI=1S/C12H14N4/c13-10-7-9(12(14)16-8-10)4-5-11-3-1-2-6-15-11/h1-3,6-8H,4-5,13H2,(H2,14,16). The number of aryl methyl sites for hydroxylation is 2. The first-order valence-corrected chi connectivity index (χ1v) is 5.15. The summed E-state index contributed by atoms with van der Waals surface area (Å²) in [6.07, 6.45) is 5.01. The summed E-state index contributed by atoms with van der Waals surface area (Å²) in [5.41, 5.74) is 14.1. The molecule has 2 aromatic heterocycles. The minimum atomic E-state index is 0.546. The van der Waals surface area contributed by atoms with Crippen LogP contribution in [0.4, 0.5) is 11.5 Å². The number of nitrogens with two attached hydrogens (primary N) is 2. The van der Waals surface area contributed by atoms with Crippen LogP contribution in [0.25, 0.3) is 0 Å². The second kappa shape index (κ2) is 4.61. The van der Waals surface area contributed by atoms with E-state index in [-0.39, 0.29) is 0 Å². The van der Waals surface area contributed by atoms with Crippen LogP contribution < -0.4 is 11.5 Å². The molecule has 0 bridgehead atoms. The second-order valence-corrected chi connectivity index (χ2v) is 3.63. The van der Waals surface area contributed by atoms with Gasteiger partial charge in [0.15, 0.2) is 0 Å². The number of aromatic nitrogens is 2. The molecule has 4 N–H and O–H groups in total. The highest BCUT2D eigenvalue weighted by atomic mass is 14.8. The number of nitrogens with zero attached hydrogens (tertiary/aromatic N) is 2. The molecule has 0 saturated carbocycles. The highest BCUT2D eigenvalue weighted by Gasteiger charge is 2.02. The van der Waals surface area contributed by atoms with E-state index < -0.39 is 0 Å². The number of nitrogen functional groups attached to an aromatic ring is 2. The minimum absolute atomic E-state index is 0.546. The van der Waals surface area contributed by atoms with E-state index in [4.69, 9.17) is 11.5 Å². The van der Waals surface area contributed by atoms with Crippen LogP contribution in [0, 0.1) is 0 Å². The Hall–Kier alpha value is -2.10. The van der Waals surface area contributed by atoms with Gasteiger partial charge >= 0.3 is 0 Å². The largest absolute Gasteiger partial charge is 0.397 e. The maximum absolute atomic E-state index is 5.77. The average Bonchev–Trinajstić information content (AvgIpc) is 2.32. The SMILES string of the molecule is Nc1cnc(N)c(CCc2ccccn2)c1. The summed E-state index contributed by atoms with van der Waals surface area (Å²) in [7, 11) is 0. The van der Waals surface area contributed by atoms with Gasteiger partial charge < -0.3 is 11.5 Å². The molecule has 0 fully saturated rings. The van der Waals surface area contributed by atoms with Crippen molar-refractivity contribution in [1.29, 1.82) is 0 Å². The molecule has 0 saturated heterocycles. The van der Waals surface area contributed by atoms with Crippen molar-refractivity contribution in [2.45, 2.75) is 12.8 Å². The van der Waals surface area contributed by atoms with Gasteiger partial charge in [0.2, 0.25) is 0 Å². The van der Waals surface area contributed by atoms with Crippen molar-refractivity contribution in [3.05, 3.63) is 47.9 Å². The van der Waals surface area contributed by atoms with E-state index in [0.717, 1.165) is 24.1 Å². The van der Waals surface area contributed by atoms with Crippen molar-refractivity contribution in [2.75, 3.05) is 11.5 Å². The summed E-state index contributed by atoms with van der Waals surface area (Å²) in [6, 6.07) is 7.74. The Morgan fingerprint density at radius 3 is 2.69 bits per heavy atom. The normalized spacial score (nSPS) is 10.2. The molecule has 0 aliphatic carbocycles. The molecule has 0 aromatic carbocycles. The van der Waals surface area contributed by atoms with E-state index in [2.05, 4.69) is 9.97 Å². The van der Waals surface area contributed by atoms with E-state index in [9.17, 15) is 0 Å². The summed E-state index contributed by atoms with van der Waals surface area (Å²) < 4.78 is 0. The van der Waals surface area contributed by atoms with E-state index >= 15 is 0 Å². The van der Waals surface area contributed by atoms with E-state index in [0.29, 0.717) is 11.5 Å². The van der Waals surface area contributed by atoms with Crippen LogP contribution in [0.3, 0.4) is 0 Å². The van der Waals surface area contributed by atoms with Gasteiger partial charge in [-0.1, -0.05) is 6.07 Å². The molecule has 2 aromatic rings. The minimum Gasteiger partial charge on any atom is -0.397 e. The Kier molecular flexibility index (Phi) is 3.00. The van der Waals surface area contributed by atoms with Gasteiger partial charge in [-0.2, -0.15) is 0 Å². The predicted molar refractivity (Wildman–Crippen MR) is 64.7 cm³/mol. The number of pyridine rings is 2. The van der Waals surface area contributed by atoms with E-state index in [1.54, 1.807) is 12.4 Å². The third kappa shape index (κ3) is 2.48. The molecule has 2 heterocycles. The van der Waals surface area contributed by atoms with Gasteiger partial charge in [0.1, 0.15) is 5.82 Å². The van der Waals surface area contributed by atoms with E-state index in [1.165, 1.54) is 0 Å². The van der Waals surface area contributed by atoms with Crippen LogP contribution in [-0.4, -0.2) is 9.97 Å². The molecule has 82 valence electrons. The first-order chi connectivity index (χ1) is 7.75. The molecule has 0 radical (unpaired) electrons. The number of anilines is 2. The fraction of sp³-hybridized carbons (Fsp3) is 0.167. The lowest BCUT2D eigenvalue weighted by Crippen LogP contribution is -2.02. The second-order valence-electron chi connectivity index (χ2n) is 3.63. The number of rotatable bonds is 3. The van der Waals surface area contributed by atoms with Gasteiger partial charge in [0.25, 0.3) is 0 Å². The molecule has 0 unspecified atom stereocenters. The van der Waals surface area contributed by atoms with Crippen molar-refractivity contribution >= 4 is 11.5 Å². The fourth-order valence-corrected chi connectivity index (χ4v) is 1.55. The maximum atomic E-state index is 5.77. The summed E-state index contributed by atoms with van der Waals surface area (Å²) >= 11 is 0. The van der Waals surface area contributed by atoms with Gasteiger partial charge in [-0.05, 0) is 36.6 Å².